The molecule has 0 bridgehead atoms. The molecule has 1 atom stereocenters. The van der Waals surface area contributed by atoms with Gasteiger partial charge in [0.2, 0.25) is 5.91 Å². The Morgan fingerprint density at radius 3 is 2.49 bits per heavy atom. The van der Waals surface area contributed by atoms with E-state index in [-0.39, 0.29) is 30.4 Å². The number of anilines is 1. The van der Waals surface area contributed by atoms with E-state index in [0.29, 0.717) is 18.7 Å². The van der Waals surface area contributed by atoms with Crippen molar-refractivity contribution in [1.29, 1.82) is 0 Å². The number of allylic oxidation sites excluding steroid dienone is 3. The second-order valence-corrected chi connectivity index (χ2v) is 12.7. The molecule has 0 radical (unpaired) electrons. The van der Waals surface area contributed by atoms with Gasteiger partial charge in [-0.15, -0.1) is 0 Å². The van der Waals surface area contributed by atoms with E-state index >= 15 is 0 Å². The molecule has 2 fully saturated rings. The minimum absolute atomic E-state index is 0.0357. The number of amides is 2. The largest absolute Gasteiger partial charge is 0.395 e. The number of hydrogen-bond donors (Lipinski definition) is 4. The third-order valence-electron chi connectivity index (χ3n) is 9.61. The lowest BCUT2D eigenvalue weighted by atomic mass is 9.95. The maximum absolute atomic E-state index is 13.9. The molecule has 45 heavy (non-hydrogen) atoms. The molecular weight excluding hydrogens is 562 g/mol. The molecule has 2 aromatic carbocycles. The summed E-state index contributed by atoms with van der Waals surface area (Å²) in [5, 5.41) is 19.6. The third-order valence-corrected chi connectivity index (χ3v) is 9.61. The highest BCUT2D eigenvalue weighted by atomic mass is 16.3. The summed E-state index contributed by atoms with van der Waals surface area (Å²) in [4.78, 5) is 31.8. The molecule has 2 aromatic rings. The lowest BCUT2D eigenvalue weighted by Crippen LogP contribution is -2.52. The minimum atomic E-state index is -0.176. The number of carbonyl (C=O) groups is 2. The highest BCUT2D eigenvalue weighted by Gasteiger charge is 2.29. The molecule has 8 nitrogen and oxygen atoms in total. The summed E-state index contributed by atoms with van der Waals surface area (Å²) in [6.07, 6.45) is 6.08. The number of nitrogens with zero attached hydrogens (tertiary/aromatic N) is 2. The minimum Gasteiger partial charge on any atom is -0.395 e. The Hall–Kier alpha value is -3.72. The van der Waals surface area contributed by atoms with Crippen molar-refractivity contribution in [2.75, 3.05) is 44.2 Å². The van der Waals surface area contributed by atoms with Gasteiger partial charge in [-0.25, -0.2) is 0 Å². The first-order valence-corrected chi connectivity index (χ1v) is 16.4. The number of nitrogens with one attached hydrogen (secondary N) is 3. The highest BCUT2D eigenvalue weighted by Crippen LogP contribution is 2.35. The van der Waals surface area contributed by atoms with Crippen LogP contribution in [0.4, 0.5) is 5.69 Å². The van der Waals surface area contributed by atoms with Crippen molar-refractivity contribution in [1.82, 2.24) is 20.9 Å². The Kier molecular flexibility index (Phi) is 10.6. The topological polar surface area (TPSA) is 96.9 Å². The van der Waals surface area contributed by atoms with E-state index in [2.05, 4.69) is 63.8 Å². The van der Waals surface area contributed by atoms with E-state index in [1.165, 1.54) is 5.56 Å². The molecule has 2 heterocycles. The molecule has 1 saturated heterocycles. The second kappa shape index (κ2) is 14.6. The van der Waals surface area contributed by atoms with Gasteiger partial charge in [-0.05, 0) is 92.1 Å². The molecule has 8 heteroatoms. The van der Waals surface area contributed by atoms with Crippen LogP contribution in [0.25, 0.3) is 11.1 Å². The fourth-order valence-electron chi connectivity index (χ4n) is 6.96. The van der Waals surface area contributed by atoms with Crippen molar-refractivity contribution in [3.63, 3.8) is 0 Å². The average molecular weight is 612 g/mol. The van der Waals surface area contributed by atoms with Gasteiger partial charge in [0.05, 0.1) is 6.61 Å². The average Bonchev–Trinajstić information content (AvgIpc) is 3.57. The second-order valence-electron chi connectivity index (χ2n) is 12.7. The summed E-state index contributed by atoms with van der Waals surface area (Å²) in [6.45, 7) is 16.5. The molecule has 2 aliphatic heterocycles. The van der Waals surface area contributed by atoms with Crippen LogP contribution < -0.4 is 20.9 Å². The summed E-state index contributed by atoms with van der Waals surface area (Å²) < 4.78 is 0. The van der Waals surface area contributed by atoms with Crippen LogP contribution in [0, 0.1) is 12.8 Å². The summed E-state index contributed by atoms with van der Waals surface area (Å²) in [6, 6.07) is 12.6. The maximum atomic E-state index is 13.9. The van der Waals surface area contributed by atoms with Crippen molar-refractivity contribution in [2.45, 2.75) is 66.0 Å². The van der Waals surface area contributed by atoms with Gasteiger partial charge in [0, 0.05) is 73.9 Å². The van der Waals surface area contributed by atoms with E-state index < -0.39 is 0 Å². The quantitative estimate of drug-likeness (QED) is 0.301. The molecule has 0 spiro atoms. The number of aliphatic hydroxyl groups is 1. The summed E-state index contributed by atoms with van der Waals surface area (Å²) in [5.74, 6) is 0.0113. The smallest absolute Gasteiger partial charge is 0.251 e. The van der Waals surface area contributed by atoms with E-state index in [1.807, 2.05) is 38.7 Å². The van der Waals surface area contributed by atoms with Crippen molar-refractivity contribution in [3.05, 3.63) is 88.3 Å². The standard InChI is InChI=1S/C37H49N5O3/c1-6-42(37(45)30-9-7-8-10-30)35-19-31(29-13-11-28(12-14-29)22-41-16-15-38-20-32(41)23-43)18-33(26(35)4)36(44)39-21-34-24(2)17-25(3)40-27(34)5/h11-14,17-19,30,32,38,40,43H,5-10,15-16,20-23H2,1-4H3,(H,39,44)/t32-/m0/s1. The van der Waals surface area contributed by atoms with Crippen LogP contribution in [0.3, 0.4) is 0 Å². The Morgan fingerprint density at radius 2 is 1.82 bits per heavy atom. The zero-order chi connectivity index (χ0) is 32.1. The van der Waals surface area contributed by atoms with Crippen molar-refractivity contribution in [3.8, 4) is 11.1 Å². The van der Waals surface area contributed by atoms with Crippen molar-refractivity contribution in [2.24, 2.45) is 5.92 Å². The Labute approximate surface area is 268 Å². The van der Waals surface area contributed by atoms with E-state index in [4.69, 9.17) is 0 Å². The predicted octanol–water partition coefficient (Wildman–Crippen LogP) is 5.04. The van der Waals surface area contributed by atoms with Crippen molar-refractivity contribution < 1.29 is 14.7 Å². The van der Waals surface area contributed by atoms with Gasteiger partial charge >= 0.3 is 0 Å². The first kappa shape index (κ1) is 32.7. The van der Waals surface area contributed by atoms with Crippen LogP contribution in [0.5, 0.6) is 0 Å². The number of piperazine rings is 1. The molecule has 1 aliphatic carbocycles. The first-order valence-electron chi connectivity index (χ1n) is 16.4. The number of aliphatic hydroxyl groups excluding tert-OH is 1. The molecule has 0 aromatic heterocycles. The molecule has 240 valence electrons. The van der Waals surface area contributed by atoms with Gasteiger partial charge in [-0.1, -0.05) is 43.7 Å². The van der Waals surface area contributed by atoms with Crippen LogP contribution in [-0.2, 0) is 11.3 Å². The predicted molar refractivity (Wildman–Crippen MR) is 182 cm³/mol. The molecule has 4 N–H and O–H groups in total. The van der Waals surface area contributed by atoms with Crippen LogP contribution in [-0.4, -0.2) is 67.2 Å². The van der Waals surface area contributed by atoms with E-state index in [1.54, 1.807) is 0 Å². The zero-order valence-corrected chi connectivity index (χ0v) is 27.3. The van der Waals surface area contributed by atoms with Crippen LogP contribution >= 0.6 is 0 Å². The van der Waals surface area contributed by atoms with Crippen LogP contribution in [0.1, 0.15) is 67.9 Å². The van der Waals surface area contributed by atoms with Gasteiger partial charge in [0.15, 0.2) is 0 Å². The van der Waals surface area contributed by atoms with Gasteiger partial charge in [0.25, 0.3) is 5.91 Å². The van der Waals surface area contributed by atoms with Gasteiger partial charge < -0.3 is 26.0 Å². The fraction of sp³-hybridized carbons (Fsp3) is 0.459. The number of benzene rings is 2. The number of dihydropyridines is 1. The van der Waals surface area contributed by atoms with Crippen molar-refractivity contribution >= 4 is 17.5 Å². The van der Waals surface area contributed by atoms with Gasteiger partial charge in [-0.2, -0.15) is 0 Å². The molecular formula is C37H49N5O3. The maximum Gasteiger partial charge on any atom is 0.251 e. The Balaban J connectivity index is 1.46. The van der Waals surface area contributed by atoms with Gasteiger partial charge in [-0.3, -0.25) is 14.5 Å². The van der Waals surface area contributed by atoms with Gasteiger partial charge in [0.1, 0.15) is 0 Å². The van der Waals surface area contributed by atoms with Crippen LogP contribution in [0.15, 0.2) is 71.6 Å². The fourth-order valence-corrected chi connectivity index (χ4v) is 6.96. The molecule has 1 saturated carbocycles. The summed E-state index contributed by atoms with van der Waals surface area (Å²) in [7, 11) is 0. The Morgan fingerprint density at radius 1 is 1.09 bits per heavy atom. The van der Waals surface area contributed by atoms with E-state index in [9.17, 15) is 14.7 Å². The molecule has 5 rings (SSSR count). The number of carbonyl (C=O) groups excluding carboxylic acids is 2. The third kappa shape index (κ3) is 7.40. The molecule has 3 aliphatic rings. The highest BCUT2D eigenvalue weighted by molar-refractivity contribution is 6.02. The Bertz CT molecular complexity index is 1490. The first-order chi connectivity index (χ1) is 21.7. The number of rotatable bonds is 10. The summed E-state index contributed by atoms with van der Waals surface area (Å²) >= 11 is 0. The molecule has 2 amide bonds. The zero-order valence-electron chi connectivity index (χ0n) is 27.3. The van der Waals surface area contributed by atoms with Crippen LogP contribution in [0.2, 0.25) is 0 Å². The van der Waals surface area contributed by atoms with E-state index in [0.717, 1.165) is 96.8 Å². The lowest BCUT2D eigenvalue weighted by molar-refractivity contribution is -0.122. The normalized spacial score (nSPS) is 19.4. The number of hydrogen-bond acceptors (Lipinski definition) is 6. The summed E-state index contributed by atoms with van der Waals surface area (Å²) in [5.41, 5.74) is 9.10. The SMILES string of the molecule is C=C1NC(C)=CC(C)=C1CNC(=O)c1cc(-c2ccc(CN3CCNC[C@H]3CO)cc2)cc(N(CC)C(=O)C2CCCC2)c1C. The molecule has 0 unspecified atom stereocenters. The monoisotopic (exact) mass is 611 g/mol. The lowest BCUT2D eigenvalue weighted by Gasteiger charge is -2.35.